The molecule has 1 aromatic rings. The van der Waals surface area contributed by atoms with Gasteiger partial charge >= 0.3 is 13.1 Å². The topological polar surface area (TPSA) is 84.9 Å². The second-order valence-electron chi connectivity index (χ2n) is 7.18. The first-order chi connectivity index (χ1) is 11.4. The molecule has 0 aliphatic carbocycles. The lowest BCUT2D eigenvalue weighted by Crippen LogP contribution is -2.41. The molecule has 6 nitrogen and oxygen atoms in total. The van der Waals surface area contributed by atoms with Crippen LogP contribution in [0.2, 0.25) is 0 Å². The fraction of sp³-hybridized carbons (Fsp3) is 0.529. The number of carboxylic acid groups (broad SMARTS) is 1. The highest BCUT2D eigenvalue weighted by Gasteiger charge is 2.52. The molecule has 2 N–H and O–H groups in total. The number of carbonyl (C=O) groups is 2. The lowest BCUT2D eigenvalue weighted by molar-refractivity contribution is -0.118. The van der Waals surface area contributed by atoms with Crippen molar-refractivity contribution in [2.45, 2.75) is 52.7 Å². The van der Waals surface area contributed by atoms with Gasteiger partial charge in [0, 0.05) is 18.3 Å². The monoisotopic (exact) mass is 365 g/mol. The third-order valence-electron chi connectivity index (χ3n) is 4.58. The lowest BCUT2D eigenvalue weighted by atomic mass is 9.77. The van der Waals surface area contributed by atoms with Crippen molar-refractivity contribution in [2.75, 3.05) is 6.54 Å². The van der Waals surface area contributed by atoms with Gasteiger partial charge in [0.25, 0.3) is 0 Å². The van der Waals surface area contributed by atoms with E-state index < -0.39 is 24.3 Å². The number of aromatic carboxylic acids is 1. The zero-order valence-electron chi connectivity index (χ0n) is 15.4. The van der Waals surface area contributed by atoms with Crippen molar-refractivity contribution in [3.63, 3.8) is 0 Å². The van der Waals surface area contributed by atoms with Crippen LogP contribution in [-0.2, 0) is 14.1 Å². The van der Waals surface area contributed by atoms with E-state index in [1.165, 1.54) is 18.3 Å². The Hall–Kier alpha value is -1.64. The number of carboxylic acids is 1. The molecule has 1 aromatic heterocycles. The van der Waals surface area contributed by atoms with Crippen molar-refractivity contribution < 1.29 is 24.0 Å². The third kappa shape index (κ3) is 4.31. The van der Waals surface area contributed by atoms with E-state index in [-0.39, 0.29) is 17.3 Å². The maximum atomic E-state index is 11.3. The highest BCUT2D eigenvalue weighted by Crippen LogP contribution is 2.39. The summed E-state index contributed by atoms with van der Waals surface area (Å²) in [6.45, 7) is 11.4. The maximum absolute atomic E-state index is 11.3. The first kappa shape index (κ1) is 19.7. The number of thiophene rings is 1. The van der Waals surface area contributed by atoms with E-state index in [0.717, 1.165) is 15.9 Å². The van der Waals surface area contributed by atoms with Gasteiger partial charge in [-0.2, -0.15) is 0 Å². The van der Waals surface area contributed by atoms with Gasteiger partial charge in [-0.05, 0) is 57.8 Å². The quantitative estimate of drug-likeness (QED) is 0.784. The van der Waals surface area contributed by atoms with Crippen LogP contribution in [0.15, 0.2) is 11.5 Å². The molecule has 2 heterocycles. The highest BCUT2D eigenvalue weighted by atomic mass is 32.1. The van der Waals surface area contributed by atoms with Gasteiger partial charge < -0.3 is 19.7 Å². The molecule has 1 amide bonds. The van der Waals surface area contributed by atoms with Crippen LogP contribution in [0.5, 0.6) is 0 Å². The summed E-state index contributed by atoms with van der Waals surface area (Å²) in [6, 6.07) is 1.64. The molecule has 0 atom stereocenters. The fourth-order valence-electron chi connectivity index (χ4n) is 2.34. The highest BCUT2D eigenvalue weighted by molar-refractivity contribution is 7.15. The average Bonchev–Trinajstić information content (AvgIpc) is 2.92. The number of hydrogen-bond donors (Lipinski definition) is 2. The van der Waals surface area contributed by atoms with Crippen LogP contribution < -0.4 is 5.32 Å². The predicted molar refractivity (Wildman–Crippen MR) is 98.8 cm³/mol. The standard InChI is InChI=1S/C17H24BNO5S/c1-10-7-14(15(21)22)25-13(10)8-12(9-19-11(2)20)18-23-16(3,4)17(5,6)24-18/h7-8H,9H2,1-6H3,(H,19,20)(H,21,22). The Morgan fingerprint density at radius 3 is 2.28 bits per heavy atom. The molecule has 2 rings (SSSR count). The smallest absolute Gasteiger partial charge is 0.477 e. The van der Waals surface area contributed by atoms with Gasteiger partial charge in [0.05, 0.1) is 11.2 Å². The maximum Gasteiger partial charge on any atom is 0.492 e. The molecule has 136 valence electrons. The van der Waals surface area contributed by atoms with Gasteiger partial charge in [-0.1, -0.05) is 0 Å². The molecule has 0 saturated carbocycles. The van der Waals surface area contributed by atoms with E-state index >= 15 is 0 Å². The van der Waals surface area contributed by atoms with Crippen LogP contribution in [0.3, 0.4) is 0 Å². The molecule has 8 heteroatoms. The molecule has 0 spiro atoms. The van der Waals surface area contributed by atoms with Crippen LogP contribution in [0.25, 0.3) is 6.08 Å². The van der Waals surface area contributed by atoms with Crippen molar-refractivity contribution >= 4 is 36.4 Å². The molecule has 0 bridgehead atoms. The molecular weight excluding hydrogens is 341 g/mol. The molecule has 1 saturated heterocycles. The number of aryl methyl sites for hydroxylation is 1. The Bertz CT molecular complexity index is 707. The Balaban J connectivity index is 2.37. The van der Waals surface area contributed by atoms with Gasteiger partial charge in [-0.3, -0.25) is 4.79 Å². The first-order valence-corrected chi connectivity index (χ1v) is 8.89. The van der Waals surface area contributed by atoms with Gasteiger partial charge in [-0.15, -0.1) is 11.3 Å². The van der Waals surface area contributed by atoms with E-state index in [9.17, 15) is 9.59 Å². The molecule has 1 aliphatic heterocycles. The molecule has 0 unspecified atom stereocenters. The molecule has 0 aromatic carbocycles. The van der Waals surface area contributed by atoms with Crippen LogP contribution >= 0.6 is 11.3 Å². The van der Waals surface area contributed by atoms with Crippen molar-refractivity contribution in [3.8, 4) is 0 Å². The largest absolute Gasteiger partial charge is 0.492 e. The van der Waals surface area contributed by atoms with Gasteiger partial charge in [-0.25, -0.2) is 4.79 Å². The van der Waals surface area contributed by atoms with Gasteiger partial charge in [0.2, 0.25) is 5.91 Å². The zero-order chi connectivity index (χ0) is 19.0. The van der Waals surface area contributed by atoms with E-state index in [0.29, 0.717) is 0 Å². The minimum Gasteiger partial charge on any atom is -0.477 e. The summed E-state index contributed by atoms with van der Waals surface area (Å²) in [7, 11) is -0.605. The normalized spacial score (nSPS) is 19.1. The summed E-state index contributed by atoms with van der Waals surface area (Å²) in [5.74, 6) is -1.11. The van der Waals surface area contributed by atoms with E-state index in [1.807, 2.05) is 40.7 Å². The Morgan fingerprint density at radius 2 is 1.84 bits per heavy atom. The molecular formula is C17H24BNO5S. The lowest BCUT2D eigenvalue weighted by Gasteiger charge is -2.32. The minimum absolute atomic E-state index is 0.156. The number of nitrogens with one attached hydrogen (secondary N) is 1. The Morgan fingerprint density at radius 1 is 1.28 bits per heavy atom. The van der Waals surface area contributed by atoms with Crippen LogP contribution in [0.4, 0.5) is 0 Å². The molecule has 1 aliphatic rings. The summed E-state index contributed by atoms with van der Waals surface area (Å²) in [6.07, 6.45) is 1.85. The van der Waals surface area contributed by atoms with Crippen molar-refractivity contribution in [2.24, 2.45) is 0 Å². The van der Waals surface area contributed by atoms with E-state index in [4.69, 9.17) is 14.4 Å². The Kier molecular flexibility index (Phi) is 5.46. The molecule has 0 radical (unpaired) electrons. The molecule has 25 heavy (non-hydrogen) atoms. The SMILES string of the molecule is CC(=O)NCC(=Cc1sc(C(=O)O)cc1C)B1OC(C)(C)C(C)(C)O1. The van der Waals surface area contributed by atoms with Crippen molar-refractivity contribution in [3.05, 3.63) is 26.9 Å². The number of rotatable bonds is 5. The summed E-state index contributed by atoms with van der Waals surface area (Å²) >= 11 is 1.19. The minimum atomic E-state index is -0.952. The van der Waals surface area contributed by atoms with Crippen LogP contribution in [0, 0.1) is 6.92 Å². The van der Waals surface area contributed by atoms with E-state index in [2.05, 4.69) is 5.32 Å². The number of hydrogen-bond acceptors (Lipinski definition) is 5. The van der Waals surface area contributed by atoms with Crippen molar-refractivity contribution in [1.29, 1.82) is 0 Å². The van der Waals surface area contributed by atoms with Gasteiger partial charge in [0.15, 0.2) is 0 Å². The third-order valence-corrected chi connectivity index (χ3v) is 5.75. The van der Waals surface area contributed by atoms with Crippen LogP contribution in [-0.4, -0.2) is 41.8 Å². The predicted octanol–water partition coefficient (Wildman–Crippen LogP) is 2.91. The Labute approximate surface area is 152 Å². The number of carbonyl (C=O) groups excluding carboxylic acids is 1. The second kappa shape index (κ2) is 6.94. The van der Waals surface area contributed by atoms with Crippen LogP contribution in [0.1, 0.15) is 54.7 Å². The molecule has 1 fully saturated rings. The first-order valence-electron chi connectivity index (χ1n) is 8.07. The van der Waals surface area contributed by atoms with Gasteiger partial charge in [0.1, 0.15) is 4.88 Å². The summed E-state index contributed by atoms with van der Waals surface area (Å²) in [5, 5.41) is 11.9. The number of amides is 1. The summed E-state index contributed by atoms with van der Waals surface area (Å²) in [5.41, 5.74) is 0.614. The second-order valence-corrected chi connectivity index (χ2v) is 8.26. The van der Waals surface area contributed by atoms with Crippen molar-refractivity contribution in [1.82, 2.24) is 5.32 Å². The van der Waals surface area contributed by atoms with E-state index in [1.54, 1.807) is 6.07 Å². The average molecular weight is 365 g/mol. The summed E-state index contributed by atoms with van der Waals surface area (Å²) in [4.78, 5) is 23.6. The zero-order valence-corrected chi connectivity index (χ0v) is 16.2. The fourth-order valence-corrected chi connectivity index (χ4v) is 3.33. The summed E-state index contributed by atoms with van der Waals surface area (Å²) < 4.78 is 12.1.